The molecule has 3 nitrogen and oxygen atoms in total. The van der Waals surface area contributed by atoms with Crippen LogP contribution in [0.4, 0.5) is 0 Å². The van der Waals surface area contributed by atoms with Crippen LogP contribution < -0.4 is 0 Å². The van der Waals surface area contributed by atoms with E-state index in [1.165, 1.54) is 10.4 Å². The Labute approximate surface area is 107 Å². The first-order valence-electron chi connectivity index (χ1n) is 5.69. The van der Waals surface area contributed by atoms with E-state index in [2.05, 4.69) is 23.3 Å². The van der Waals surface area contributed by atoms with Crippen molar-refractivity contribution in [1.29, 1.82) is 0 Å². The lowest BCUT2D eigenvalue weighted by atomic mass is 9.84. The molecule has 1 atom stereocenters. The molecule has 1 rings (SSSR count). The predicted octanol–water partition coefficient (Wildman–Crippen LogP) is 3.16. The third-order valence-electron chi connectivity index (χ3n) is 3.11. The maximum atomic E-state index is 11.2. The lowest BCUT2D eigenvalue weighted by molar-refractivity contribution is -0.148. The van der Waals surface area contributed by atoms with Gasteiger partial charge in [-0.15, -0.1) is 11.3 Å². The molecule has 0 spiro atoms. The summed E-state index contributed by atoms with van der Waals surface area (Å²) >= 11 is 1.70. The minimum Gasteiger partial charge on any atom is -0.481 e. The number of aryl methyl sites for hydroxylation is 1. The minimum absolute atomic E-state index is 0.168. The van der Waals surface area contributed by atoms with Crippen molar-refractivity contribution in [3.8, 4) is 0 Å². The van der Waals surface area contributed by atoms with Crippen LogP contribution in [0, 0.1) is 12.3 Å². The summed E-state index contributed by atoms with van der Waals surface area (Å²) < 4.78 is 0. The van der Waals surface area contributed by atoms with Gasteiger partial charge in [-0.25, -0.2) is 0 Å². The van der Waals surface area contributed by atoms with Gasteiger partial charge in [-0.05, 0) is 58.3 Å². The molecule has 0 fully saturated rings. The van der Waals surface area contributed by atoms with E-state index in [1.807, 2.05) is 14.1 Å². The van der Waals surface area contributed by atoms with Crippen LogP contribution in [0.2, 0.25) is 0 Å². The fourth-order valence-corrected chi connectivity index (χ4v) is 2.93. The number of carboxylic acid groups (broad SMARTS) is 1. The zero-order valence-corrected chi connectivity index (χ0v) is 12.0. The molecule has 1 aromatic heterocycles. The maximum absolute atomic E-state index is 11.2. The van der Waals surface area contributed by atoms with Gasteiger partial charge in [-0.1, -0.05) is 0 Å². The van der Waals surface area contributed by atoms with Gasteiger partial charge in [-0.2, -0.15) is 0 Å². The molecule has 1 aromatic rings. The summed E-state index contributed by atoms with van der Waals surface area (Å²) in [7, 11) is 4.00. The van der Waals surface area contributed by atoms with Crippen LogP contribution in [0.5, 0.6) is 0 Å². The number of carboxylic acids is 1. The topological polar surface area (TPSA) is 40.5 Å². The number of carbonyl (C=O) groups is 1. The summed E-state index contributed by atoms with van der Waals surface area (Å²) in [5.74, 6) is -0.737. The Balaban J connectivity index is 2.97. The molecular weight excluding hydrogens is 234 g/mol. The largest absolute Gasteiger partial charge is 0.481 e. The normalized spacial score (nSPS) is 14.0. The van der Waals surface area contributed by atoms with E-state index < -0.39 is 11.4 Å². The Morgan fingerprint density at radius 2 is 2.12 bits per heavy atom. The highest BCUT2D eigenvalue weighted by molar-refractivity contribution is 7.10. The highest BCUT2D eigenvalue weighted by Gasteiger charge is 2.33. The Morgan fingerprint density at radius 1 is 1.53 bits per heavy atom. The van der Waals surface area contributed by atoms with E-state index >= 15 is 0 Å². The molecule has 0 amide bonds. The molecular formula is C13H21NO2S. The van der Waals surface area contributed by atoms with Crippen LogP contribution in [-0.4, -0.2) is 30.1 Å². The summed E-state index contributed by atoms with van der Waals surface area (Å²) in [6, 6.07) is 2.26. The molecule has 4 heteroatoms. The van der Waals surface area contributed by atoms with Crippen LogP contribution in [0.15, 0.2) is 11.4 Å². The molecule has 0 aliphatic heterocycles. The van der Waals surface area contributed by atoms with Gasteiger partial charge in [0.15, 0.2) is 0 Å². The Morgan fingerprint density at radius 3 is 2.47 bits per heavy atom. The molecule has 0 aliphatic carbocycles. The summed E-state index contributed by atoms with van der Waals surface area (Å²) in [4.78, 5) is 14.6. The van der Waals surface area contributed by atoms with Crippen molar-refractivity contribution in [2.75, 3.05) is 14.1 Å². The standard InChI is InChI=1S/C13H21NO2S/c1-9-6-7-17-11(9)10(14(4)5)8-13(2,3)12(15)16/h6-7,10H,8H2,1-5H3,(H,15,16). The van der Waals surface area contributed by atoms with Crippen molar-refractivity contribution in [3.05, 3.63) is 21.9 Å². The summed E-state index contributed by atoms with van der Waals surface area (Å²) in [6.45, 7) is 5.65. The van der Waals surface area contributed by atoms with Gasteiger partial charge >= 0.3 is 5.97 Å². The van der Waals surface area contributed by atoms with E-state index in [0.717, 1.165) is 0 Å². The summed E-state index contributed by atoms with van der Waals surface area (Å²) in [6.07, 6.45) is 0.622. The highest BCUT2D eigenvalue weighted by Crippen LogP contribution is 2.36. The first kappa shape index (κ1) is 14.2. The second-order valence-corrected chi connectivity index (χ2v) is 6.29. The second kappa shape index (κ2) is 5.19. The van der Waals surface area contributed by atoms with E-state index in [1.54, 1.807) is 25.2 Å². The van der Waals surface area contributed by atoms with Gasteiger partial charge in [0, 0.05) is 10.9 Å². The minimum atomic E-state index is -0.737. The molecule has 96 valence electrons. The van der Waals surface area contributed by atoms with E-state index in [-0.39, 0.29) is 6.04 Å². The molecule has 17 heavy (non-hydrogen) atoms. The molecule has 1 unspecified atom stereocenters. The van der Waals surface area contributed by atoms with Crippen molar-refractivity contribution in [1.82, 2.24) is 4.90 Å². The van der Waals surface area contributed by atoms with Crippen molar-refractivity contribution in [2.45, 2.75) is 33.2 Å². The van der Waals surface area contributed by atoms with Crippen LogP contribution >= 0.6 is 11.3 Å². The van der Waals surface area contributed by atoms with Crippen LogP contribution in [0.25, 0.3) is 0 Å². The Hall–Kier alpha value is -0.870. The monoisotopic (exact) mass is 255 g/mol. The van der Waals surface area contributed by atoms with Gasteiger partial charge < -0.3 is 10.0 Å². The zero-order chi connectivity index (χ0) is 13.2. The molecule has 1 N–H and O–H groups in total. The number of hydrogen-bond donors (Lipinski definition) is 1. The van der Waals surface area contributed by atoms with Gasteiger partial charge in [0.05, 0.1) is 5.41 Å². The van der Waals surface area contributed by atoms with Crippen LogP contribution in [-0.2, 0) is 4.79 Å². The molecule has 0 aromatic carbocycles. The van der Waals surface area contributed by atoms with Crippen LogP contribution in [0.3, 0.4) is 0 Å². The van der Waals surface area contributed by atoms with Crippen molar-refractivity contribution in [2.24, 2.45) is 5.41 Å². The predicted molar refractivity (Wildman–Crippen MR) is 71.5 cm³/mol. The molecule has 1 heterocycles. The average Bonchev–Trinajstić information content (AvgIpc) is 2.60. The second-order valence-electron chi connectivity index (χ2n) is 5.34. The Kier molecular flexibility index (Phi) is 4.33. The number of rotatable bonds is 5. The van der Waals surface area contributed by atoms with Gasteiger partial charge in [-0.3, -0.25) is 4.79 Å². The highest BCUT2D eigenvalue weighted by atomic mass is 32.1. The first-order valence-corrected chi connectivity index (χ1v) is 6.57. The van der Waals surface area contributed by atoms with Crippen molar-refractivity contribution in [3.63, 3.8) is 0 Å². The molecule has 0 aliphatic rings. The lowest BCUT2D eigenvalue weighted by Gasteiger charge is -2.30. The zero-order valence-electron chi connectivity index (χ0n) is 11.2. The molecule has 0 radical (unpaired) electrons. The SMILES string of the molecule is Cc1ccsc1C(CC(C)(C)C(=O)O)N(C)C. The third kappa shape index (κ3) is 3.30. The van der Waals surface area contributed by atoms with E-state index in [0.29, 0.717) is 6.42 Å². The molecule has 0 saturated carbocycles. The lowest BCUT2D eigenvalue weighted by Crippen LogP contribution is -2.31. The Bertz CT molecular complexity index is 396. The van der Waals surface area contributed by atoms with Gasteiger partial charge in [0.2, 0.25) is 0 Å². The van der Waals surface area contributed by atoms with Gasteiger partial charge in [0.1, 0.15) is 0 Å². The first-order chi connectivity index (χ1) is 7.75. The number of hydrogen-bond acceptors (Lipinski definition) is 3. The summed E-state index contributed by atoms with van der Waals surface area (Å²) in [5, 5.41) is 11.3. The number of aliphatic carboxylic acids is 1. The summed E-state index contributed by atoms with van der Waals surface area (Å²) in [5.41, 5.74) is 0.542. The van der Waals surface area contributed by atoms with Crippen LogP contribution in [0.1, 0.15) is 36.8 Å². The molecule has 0 saturated heterocycles. The average molecular weight is 255 g/mol. The van der Waals surface area contributed by atoms with E-state index in [4.69, 9.17) is 0 Å². The molecule has 0 bridgehead atoms. The van der Waals surface area contributed by atoms with Crippen molar-refractivity contribution < 1.29 is 9.90 Å². The maximum Gasteiger partial charge on any atom is 0.309 e. The fourth-order valence-electron chi connectivity index (χ4n) is 1.81. The quantitative estimate of drug-likeness (QED) is 0.878. The third-order valence-corrected chi connectivity index (χ3v) is 4.23. The van der Waals surface area contributed by atoms with Gasteiger partial charge in [0.25, 0.3) is 0 Å². The van der Waals surface area contributed by atoms with Crippen molar-refractivity contribution >= 4 is 17.3 Å². The number of thiophene rings is 1. The fraction of sp³-hybridized carbons (Fsp3) is 0.615. The number of nitrogens with zero attached hydrogens (tertiary/aromatic N) is 1. The smallest absolute Gasteiger partial charge is 0.309 e. The van der Waals surface area contributed by atoms with E-state index in [9.17, 15) is 9.90 Å².